The zero-order valence-electron chi connectivity index (χ0n) is 11.9. The summed E-state index contributed by atoms with van der Waals surface area (Å²) in [5.74, 6) is -0.392. The molecule has 1 aromatic heterocycles. The van der Waals surface area contributed by atoms with Crippen LogP contribution in [0.4, 0.5) is 0 Å². The van der Waals surface area contributed by atoms with Gasteiger partial charge in [0.2, 0.25) is 5.88 Å². The molecule has 0 unspecified atom stereocenters. The van der Waals surface area contributed by atoms with Crippen molar-refractivity contribution in [2.75, 3.05) is 7.11 Å². The third kappa shape index (κ3) is 2.66. The summed E-state index contributed by atoms with van der Waals surface area (Å²) >= 11 is 0. The predicted octanol–water partition coefficient (Wildman–Crippen LogP) is 2.38. The lowest BCUT2D eigenvalue weighted by Gasteiger charge is -2.08. The highest BCUT2D eigenvalue weighted by molar-refractivity contribution is 5.71. The Labute approximate surface area is 117 Å². The van der Waals surface area contributed by atoms with Crippen molar-refractivity contribution in [2.24, 2.45) is 0 Å². The van der Waals surface area contributed by atoms with E-state index in [9.17, 15) is 4.79 Å². The van der Waals surface area contributed by atoms with Crippen LogP contribution in [-0.4, -0.2) is 28.0 Å². The third-order valence-corrected chi connectivity index (χ3v) is 3.12. The quantitative estimate of drug-likeness (QED) is 0.909. The van der Waals surface area contributed by atoms with Crippen molar-refractivity contribution in [3.05, 3.63) is 41.1 Å². The molecule has 1 N–H and O–H groups in total. The molecule has 0 aliphatic heterocycles. The molecule has 0 saturated carbocycles. The number of rotatable bonds is 5. The maximum absolute atomic E-state index is 11.0. The smallest absolute Gasteiger partial charge is 0.308 e. The van der Waals surface area contributed by atoms with Gasteiger partial charge in [-0.15, -0.1) is 0 Å². The van der Waals surface area contributed by atoms with Crippen LogP contribution in [0.2, 0.25) is 0 Å². The summed E-state index contributed by atoms with van der Waals surface area (Å²) in [6.45, 7) is 3.95. The number of hydrogen-bond acceptors (Lipinski definition) is 3. The number of ether oxygens (including phenoxy) is 1. The van der Waals surface area contributed by atoms with E-state index in [1.807, 2.05) is 38.1 Å². The van der Waals surface area contributed by atoms with E-state index in [1.54, 1.807) is 4.68 Å². The number of aromatic nitrogens is 2. The van der Waals surface area contributed by atoms with Crippen LogP contribution >= 0.6 is 0 Å². The summed E-state index contributed by atoms with van der Waals surface area (Å²) in [6.07, 6.45) is 0.579. The fraction of sp³-hybridized carbons (Fsp3) is 0.333. The number of aryl methyl sites for hydroxylation is 2. The van der Waals surface area contributed by atoms with Gasteiger partial charge in [0, 0.05) is 5.56 Å². The van der Waals surface area contributed by atoms with Crippen LogP contribution in [0.5, 0.6) is 5.88 Å². The molecule has 0 atom stereocenters. The molecule has 5 heteroatoms. The predicted molar refractivity (Wildman–Crippen MR) is 75.6 cm³/mol. The molecule has 2 rings (SSSR count). The molecular weight excluding hydrogens is 256 g/mol. The fourth-order valence-electron chi connectivity index (χ4n) is 2.24. The molecule has 0 aliphatic carbocycles. The van der Waals surface area contributed by atoms with E-state index in [-0.39, 0.29) is 6.42 Å². The maximum atomic E-state index is 11.0. The highest BCUT2D eigenvalue weighted by Crippen LogP contribution is 2.27. The molecule has 0 saturated heterocycles. The Morgan fingerprint density at radius 1 is 1.45 bits per heavy atom. The molecule has 0 radical (unpaired) electrons. The van der Waals surface area contributed by atoms with Gasteiger partial charge in [0.25, 0.3) is 0 Å². The zero-order valence-corrected chi connectivity index (χ0v) is 11.9. The van der Waals surface area contributed by atoms with Crippen molar-refractivity contribution in [1.29, 1.82) is 0 Å². The van der Waals surface area contributed by atoms with Gasteiger partial charge in [0.1, 0.15) is 0 Å². The van der Waals surface area contributed by atoms with Gasteiger partial charge in [-0.3, -0.25) is 4.79 Å². The van der Waals surface area contributed by atoms with Crippen molar-refractivity contribution in [3.63, 3.8) is 0 Å². The maximum Gasteiger partial charge on any atom is 0.308 e. The molecule has 1 aromatic carbocycles. The average molecular weight is 274 g/mol. The molecule has 0 spiro atoms. The van der Waals surface area contributed by atoms with Crippen LogP contribution in [0.15, 0.2) is 24.3 Å². The van der Waals surface area contributed by atoms with E-state index >= 15 is 0 Å². The Morgan fingerprint density at radius 2 is 2.20 bits per heavy atom. The molecule has 0 amide bonds. The van der Waals surface area contributed by atoms with Crippen molar-refractivity contribution in [2.45, 2.75) is 26.7 Å². The number of methoxy groups -OCH3 is 1. The van der Waals surface area contributed by atoms with E-state index in [0.29, 0.717) is 17.9 Å². The van der Waals surface area contributed by atoms with Crippen molar-refractivity contribution in [1.82, 2.24) is 9.78 Å². The average Bonchev–Trinajstić information content (AvgIpc) is 2.75. The normalized spacial score (nSPS) is 10.6. The molecule has 2 aromatic rings. The minimum absolute atomic E-state index is 0.0852. The monoisotopic (exact) mass is 274 g/mol. The number of carboxylic acids is 1. The van der Waals surface area contributed by atoms with Crippen LogP contribution < -0.4 is 4.74 Å². The Morgan fingerprint density at radius 3 is 2.75 bits per heavy atom. The summed E-state index contributed by atoms with van der Waals surface area (Å²) < 4.78 is 7.06. The molecule has 5 nitrogen and oxygen atoms in total. The molecule has 0 bridgehead atoms. The Balaban J connectivity index is 2.59. The number of benzene rings is 1. The summed E-state index contributed by atoms with van der Waals surface area (Å²) in [5.41, 5.74) is 3.38. The van der Waals surface area contributed by atoms with Gasteiger partial charge in [-0.1, -0.05) is 19.1 Å². The molecule has 0 aliphatic rings. The van der Waals surface area contributed by atoms with E-state index < -0.39 is 5.97 Å². The van der Waals surface area contributed by atoms with E-state index in [1.165, 1.54) is 7.11 Å². The number of hydrogen-bond donors (Lipinski definition) is 1. The third-order valence-electron chi connectivity index (χ3n) is 3.12. The first-order chi connectivity index (χ1) is 9.56. The van der Waals surface area contributed by atoms with Crippen molar-refractivity contribution < 1.29 is 14.6 Å². The first-order valence-corrected chi connectivity index (χ1v) is 6.50. The summed E-state index contributed by atoms with van der Waals surface area (Å²) in [6, 6.07) is 7.85. The van der Waals surface area contributed by atoms with Gasteiger partial charge in [-0.2, -0.15) is 5.10 Å². The van der Waals surface area contributed by atoms with Crippen LogP contribution in [0.25, 0.3) is 5.69 Å². The lowest BCUT2D eigenvalue weighted by atomic mass is 10.1. The summed E-state index contributed by atoms with van der Waals surface area (Å²) in [4.78, 5) is 11.0. The number of aliphatic carboxylic acids is 1. The Hall–Kier alpha value is -2.30. The number of carbonyl (C=O) groups is 1. The molecule has 20 heavy (non-hydrogen) atoms. The van der Waals surface area contributed by atoms with E-state index in [2.05, 4.69) is 5.10 Å². The standard InChI is InChI=1S/C15H18N2O3/c1-4-13-12(9-14(18)19)15(20-3)17(16-13)11-7-5-6-10(2)8-11/h5-8H,4,9H2,1-3H3,(H,18,19). The first-order valence-electron chi connectivity index (χ1n) is 6.50. The summed E-state index contributed by atoms with van der Waals surface area (Å²) in [7, 11) is 1.54. The largest absolute Gasteiger partial charge is 0.481 e. The molecule has 106 valence electrons. The Kier molecular flexibility index (Phi) is 4.08. The van der Waals surface area contributed by atoms with Gasteiger partial charge in [-0.05, 0) is 31.0 Å². The van der Waals surface area contributed by atoms with Gasteiger partial charge in [-0.25, -0.2) is 4.68 Å². The topological polar surface area (TPSA) is 64.4 Å². The molecular formula is C15H18N2O3. The van der Waals surface area contributed by atoms with Crippen molar-refractivity contribution >= 4 is 5.97 Å². The van der Waals surface area contributed by atoms with E-state index in [0.717, 1.165) is 16.9 Å². The van der Waals surface area contributed by atoms with Crippen LogP contribution in [0, 0.1) is 6.92 Å². The number of carboxylic acid groups (broad SMARTS) is 1. The van der Waals surface area contributed by atoms with Crippen LogP contribution in [-0.2, 0) is 17.6 Å². The van der Waals surface area contributed by atoms with Crippen LogP contribution in [0.1, 0.15) is 23.7 Å². The first kappa shape index (κ1) is 14.1. The SMILES string of the molecule is CCc1nn(-c2cccc(C)c2)c(OC)c1CC(=O)O. The lowest BCUT2D eigenvalue weighted by molar-refractivity contribution is -0.136. The highest BCUT2D eigenvalue weighted by Gasteiger charge is 2.20. The second-order valence-corrected chi connectivity index (χ2v) is 4.61. The second kappa shape index (κ2) is 5.77. The van der Waals surface area contributed by atoms with E-state index in [4.69, 9.17) is 9.84 Å². The second-order valence-electron chi connectivity index (χ2n) is 4.61. The van der Waals surface area contributed by atoms with Gasteiger partial charge in [0.05, 0.1) is 24.9 Å². The van der Waals surface area contributed by atoms with Crippen LogP contribution in [0.3, 0.4) is 0 Å². The zero-order chi connectivity index (χ0) is 14.7. The lowest BCUT2D eigenvalue weighted by Crippen LogP contribution is -2.04. The highest BCUT2D eigenvalue weighted by atomic mass is 16.5. The van der Waals surface area contributed by atoms with Gasteiger partial charge >= 0.3 is 5.97 Å². The van der Waals surface area contributed by atoms with Crippen molar-refractivity contribution in [3.8, 4) is 11.6 Å². The van der Waals surface area contributed by atoms with Gasteiger partial charge < -0.3 is 9.84 Å². The fourth-order valence-corrected chi connectivity index (χ4v) is 2.24. The summed E-state index contributed by atoms with van der Waals surface area (Å²) in [5, 5.41) is 13.5. The molecule has 1 heterocycles. The van der Waals surface area contributed by atoms with Gasteiger partial charge in [0.15, 0.2) is 0 Å². The molecule has 0 fully saturated rings. The Bertz CT molecular complexity index is 632. The number of nitrogens with zero attached hydrogens (tertiary/aromatic N) is 2. The minimum atomic E-state index is -0.887. The minimum Gasteiger partial charge on any atom is -0.481 e.